The van der Waals surface area contributed by atoms with Gasteiger partial charge in [-0.2, -0.15) is 0 Å². The molecule has 3 rings (SSSR count). The first-order valence-electron chi connectivity index (χ1n) is 8.33. The van der Waals surface area contributed by atoms with Crippen molar-refractivity contribution in [3.8, 4) is 5.69 Å². The molecule has 0 saturated heterocycles. The number of tetrazole rings is 1. The van der Waals surface area contributed by atoms with Gasteiger partial charge in [-0.3, -0.25) is 4.79 Å². The Hall–Kier alpha value is -2.76. The SMILES string of the molecule is Cc1cc(C(=O)Cn2nnnc2C(C)(C)C)c(C)n1-c1ccccc1. The van der Waals surface area contributed by atoms with Crippen LogP contribution in [0, 0.1) is 13.8 Å². The summed E-state index contributed by atoms with van der Waals surface area (Å²) in [4.78, 5) is 12.9. The second-order valence-corrected chi connectivity index (χ2v) is 7.29. The molecule has 6 nitrogen and oxygen atoms in total. The third-order valence-corrected chi connectivity index (χ3v) is 4.24. The normalized spacial score (nSPS) is 11.7. The summed E-state index contributed by atoms with van der Waals surface area (Å²) in [6, 6.07) is 12.0. The predicted octanol–water partition coefficient (Wildman–Crippen LogP) is 3.26. The van der Waals surface area contributed by atoms with E-state index in [1.807, 2.05) is 71.0 Å². The largest absolute Gasteiger partial charge is 0.318 e. The summed E-state index contributed by atoms with van der Waals surface area (Å²) in [5, 5.41) is 11.8. The van der Waals surface area contributed by atoms with Crippen LogP contribution in [0.25, 0.3) is 5.69 Å². The fraction of sp³-hybridized carbons (Fsp3) is 0.368. The third kappa shape index (κ3) is 3.24. The van der Waals surface area contributed by atoms with Crippen molar-refractivity contribution in [2.24, 2.45) is 0 Å². The zero-order valence-corrected chi connectivity index (χ0v) is 15.3. The van der Waals surface area contributed by atoms with Crippen molar-refractivity contribution in [3.63, 3.8) is 0 Å². The molecule has 6 heteroatoms. The van der Waals surface area contributed by atoms with E-state index < -0.39 is 0 Å². The number of para-hydroxylation sites is 1. The molecule has 0 aliphatic rings. The van der Waals surface area contributed by atoms with Crippen molar-refractivity contribution in [1.29, 1.82) is 0 Å². The number of aromatic nitrogens is 5. The number of benzene rings is 1. The van der Waals surface area contributed by atoms with Gasteiger partial charge >= 0.3 is 0 Å². The molecule has 2 aromatic heterocycles. The number of hydrogen-bond donors (Lipinski definition) is 0. The number of aryl methyl sites for hydroxylation is 1. The molecule has 0 amide bonds. The lowest BCUT2D eigenvalue weighted by Gasteiger charge is -2.16. The molecule has 3 aromatic rings. The monoisotopic (exact) mass is 337 g/mol. The van der Waals surface area contributed by atoms with Crippen LogP contribution in [0.2, 0.25) is 0 Å². The van der Waals surface area contributed by atoms with Crippen molar-refractivity contribution in [2.75, 3.05) is 0 Å². The summed E-state index contributed by atoms with van der Waals surface area (Å²) in [7, 11) is 0. The molecule has 25 heavy (non-hydrogen) atoms. The van der Waals surface area contributed by atoms with Crippen LogP contribution in [0.3, 0.4) is 0 Å². The number of carbonyl (C=O) groups is 1. The number of carbonyl (C=O) groups excluding carboxylic acids is 1. The van der Waals surface area contributed by atoms with Crippen LogP contribution >= 0.6 is 0 Å². The Morgan fingerprint density at radius 3 is 2.44 bits per heavy atom. The molecular formula is C19H23N5O. The molecule has 0 aliphatic carbocycles. The highest BCUT2D eigenvalue weighted by Gasteiger charge is 2.24. The molecule has 130 valence electrons. The summed E-state index contributed by atoms with van der Waals surface area (Å²) < 4.78 is 3.69. The Morgan fingerprint density at radius 2 is 1.80 bits per heavy atom. The number of hydrogen-bond acceptors (Lipinski definition) is 4. The van der Waals surface area contributed by atoms with Crippen LogP contribution in [0.4, 0.5) is 0 Å². The van der Waals surface area contributed by atoms with Crippen molar-refractivity contribution in [3.05, 3.63) is 59.2 Å². The maximum Gasteiger partial charge on any atom is 0.186 e. The van der Waals surface area contributed by atoms with Crippen LogP contribution in [0.5, 0.6) is 0 Å². The maximum atomic E-state index is 12.9. The standard InChI is InChI=1S/C19H23N5O/c1-13-11-16(14(2)24(13)15-9-7-6-8-10-15)17(25)12-23-18(19(3,4)5)20-21-22-23/h6-11H,12H2,1-5H3. The zero-order valence-electron chi connectivity index (χ0n) is 15.3. The summed E-state index contributed by atoms with van der Waals surface area (Å²) in [6.07, 6.45) is 0. The number of rotatable bonds is 4. The highest BCUT2D eigenvalue weighted by molar-refractivity contribution is 5.97. The molecule has 1 aromatic carbocycles. The highest BCUT2D eigenvalue weighted by Crippen LogP contribution is 2.23. The quantitative estimate of drug-likeness (QED) is 0.685. The average molecular weight is 337 g/mol. The molecule has 0 bridgehead atoms. The molecule has 0 spiro atoms. The third-order valence-electron chi connectivity index (χ3n) is 4.24. The molecular weight excluding hydrogens is 314 g/mol. The maximum absolute atomic E-state index is 12.9. The van der Waals surface area contributed by atoms with E-state index in [1.54, 1.807) is 4.68 Å². The minimum atomic E-state index is -0.218. The van der Waals surface area contributed by atoms with Gasteiger partial charge in [-0.1, -0.05) is 39.0 Å². The van der Waals surface area contributed by atoms with Crippen molar-refractivity contribution < 1.29 is 4.79 Å². The van der Waals surface area contributed by atoms with E-state index in [4.69, 9.17) is 0 Å². The van der Waals surface area contributed by atoms with E-state index in [0.717, 1.165) is 17.1 Å². The van der Waals surface area contributed by atoms with Crippen LogP contribution in [-0.4, -0.2) is 30.6 Å². The Bertz CT molecular complexity index is 900. The van der Waals surface area contributed by atoms with Crippen molar-refractivity contribution >= 4 is 5.78 Å². The van der Waals surface area contributed by atoms with Crippen LogP contribution < -0.4 is 0 Å². The summed E-state index contributed by atoms with van der Waals surface area (Å²) in [5.74, 6) is 0.714. The average Bonchev–Trinajstić information content (AvgIpc) is 3.12. The zero-order chi connectivity index (χ0) is 18.2. The summed E-state index contributed by atoms with van der Waals surface area (Å²) in [6.45, 7) is 10.2. The minimum Gasteiger partial charge on any atom is -0.318 e. The number of nitrogens with zero attached hydrogens (tertiary/aromatic N) is 5. The van der Waals surface area contributed by atoms with Gasteiger partial charge in [0.25, 0.3) is 0 Å². The second-order valence-electron chi connectivity index (χ2n) is 7.29. The van der Waals surface area contributed by atoms with E-state index in [0.29, 0.717) is 11.4 Å². The molecule has 0 fully saturated rings. The van der Waals surface area contributed by atoms with Crippen LogP contribution in [0.15, 0.2) is 36.4 Å². The smallest absolute Gasteiger partial charge is 0.186 e. The topological polar surface area (TPSA) is 65.6 Å². The Morgan fingerprint density at radius 1 is 1.12 bits per heavy atom. The Balaban J connectivity index is 1.94. The van der Waals surface area contributed by atoms with Gasteiger partial charge in [0.1, 0.15) is 6.54 Å². The molecule has 0 unspecified atom stereocenters. The van der Waals surface area contributed by atoms with Gasteiger partial charge in [0.2, 0.25) is 0 Å². The Labute approximate surface area is 147 Å². The van der Waals surface area contributed by atoms with Crippen LogP contribution in [0.1, 0.15) is 48.3 Å². The van der Waals surface area contributed by atoms with Gasteiger partial charge < -0.3 is 4.57 Å². The van der Waals surface area contributed by atoms with Crippen LogP contribution in [-0.2, 0) is 12.0 Å². The number of Topliss-reactive ketones (excluding diaryl/α,β-unsaturated/α-hetero) is 1. The second kappa shape index (κ2) is 6.27. The van der Waals surface area contributed by atoms with E-state index >= 15 is 0 Å². The number of ketones is 1. The van der Waals surface area contributed by atoms with Gasteiger partial charge in [0.05, 0.1) is 0 Å². The first kappa shape index (κ1) is 17.1. The van der Waals surface area contributed by atoms with E-state index in [-0.39, 0.29) is 17.7 Å². The molecule has 0 atom stereocenters. The van der Waals surface area contributed by atoms with E-state index in [1.165, 1.54) is 0 Å². The molecule has 0 N–H and O–H groups in total. The fourth-order valence-electron chi connectivity index (χ4n) is 3.09. The van der Waals surface area contributed by atoms with Crippen molar-refractivity contribution in [2.45, 2.75) is 46.6 Å². The van der Waals surface area contributed by atoms with Gasteiger partial charge in [-0.25, -0.2) is 4.68 Å². The highest BCUT2D eigenvalue weighted by atomic mass is 16.1. The first-order valence-corrected chi connectivity index (χ1v) is 8.33. The van der Waals surface area contributed by atoms with Gasteiger partial charge in [-0.15, -0.1) is 5.10 Å². The molecule has 0 saturated carbocycles. The van der Waals surface area contributed by atoms with E-state index in [9.17, 15) is 4.79 Å². The summed E-state index contributed by atoms with van der Waals surface area (Å²) in [5.41, 5.74) is 3.50. The molecule has 0 radical (unpaired) electrons. The first-order chi connectivity index (χ1) is 11.8. The summed E-state index contributed by atoms with van der Waals surface area (Å²) >= 11 is 0. The molecule has 2 heterocycles. The lowest BCUT2D eigenvalue weighted by molar-refractivity contribution is 0.0964. The van der Waals surface area contributed by atoms with E-state index in [2.05, 4.69) is 20.1 Å². The fourth-order valence-corrected chi connectivity index (χ4v) is 3.09. The Kier molecular flexibility index (Phi) is 4.29. The van der Waals surface area contributed by atoms with Gasteiger partial charge in [0, 0.05) is 28.1 Å². The van der Waals surface area contributed by atoms with Crippen molar-refractivity contribution in [1.82, 2.24) is 24.8 Å². The minimum absolute atomic E-state index is 0.00748. The predicted molar refractivity (Wildman–Crippen MR) is 96.1 cm³/mol. The molecule has 0 aliphatic heterocycles. The van der Waals surface area contributed by atoms with Gasteiger partial charge in [0.15, 0.2) is 11.6 Å². The lowest BCUT2D eigenvalue weighted by atomic mass is 9.96. The van der Waals surface area contributed by atoms with Gasteiger partial charge in [-0.05, 0) is 42.5 Å². The lowest BCUT2D eigenvalue weighted by Crippen LogP contribution is -2.23.